The lowest BCUT2D eigenvalue weighted by Gasteiger charge is -2.11. The topological polar surface area (TPSA) is 45.1 Å². The van der Waals surface area contributed by atoms with Crippen LogP contribution in [0.1, 0.15) is 18.4 Å². The minimum Gasteiger partial charge on any atom is -0.395 e. The second kappa shape index (κ2) is 5.54. The van der Waals surface area contributed by atoms with Crippen LogP contribution in [0.2, 0.25) is 4.34 Å². The van der Waals surface area contributed by atoms with Crippen LogP contribution in [0.4, 0.5) is 0 Å². The lowest BCUT2D eigenvalue weighted by molar-refractivity contribution is 0.238. The van der Waals surface area contributed by atoms with Crippen LogP contribution in [0.3, 0.4) is 0 Å². The molecule has 0 spiro atoms. The Morgan fingerprint density at radius 3 is 3.00 bits per heavy atom. The van der Waals surface area contributed by atoms with Gasteiger partial charge in [-0.2, -0.15) is 0 Å². The van der Waals surface area contributed by atoms with Crippen molar-refractivity contribution in [2.24, 2.45) is 0 Å². The van der Waals surface area contributed by atoms with Gasteiger partial charge in [0.2, 0.25) is 0 Å². The Balaban J connectivity index is 2.33. The summed E-state index contributed by atoms with van der Waals surface area (Å²) < 4.78 is 0.703. The van der Waals surface area contributed by atoms with E-state index in [4.69, 9.17) is 16.7 Å². The fourth-order valence-electron chi connectivity index (χ4n) is 0.939. The van der Waals surface area contributed by atoms with Gasteiger partial charge in [-0.25, -0.2) is 4.98 Å². The summed E-state index contributed by atoms with van der Waals surface area (Å²) in [6.45, 7) is 2.87. The monoisotopic (exact) mass is 220 g/mol. The second-order valence-electron chi connectivity index (χ2n) is 2.73. The minimum atomic E-state index is 0.155. The van der Waals surface area contributed by atoms with Crippen LogP contribution in [0, 0.1) is 0 Å². The quantitative estimate of drug-likeness (QED) is 0.794. The van der Waals surface area contributed by atoms with Gasteiger partial charge >= 0.3 is 0 Å². The van der Waals surface area contributed by atoms with Gasteiger partial charge in [0, 0.05) is 12.6 Å². The molecule has 0 saturated carbocycles. The van der Waals surface area contributed by atoms with Crippen LogP contribution in [-0.4, -0.2) is 22.7 Å². The van der Waals surface area contributed by atoms with Crippen molar-refractivity contribution in [1.82, 2.24) is 10.3 Å². The molecule has 0 radical (unpaired) electrons. The number of hydrogen-bond acceptors (Lipinski definition) is 4. The number of hydrogen-bond donors (Lipinski definition) is 2. The highest BCUT2D eigenvalue weighted by Gasteiger charge is 2.05. The molecular weight excluding hydrogens is 208 g/mol. The Kier molecular flexibility index (Phi) is 4.66. The molecule has 2 N–H and O–H groups in total. The number of nitrogens with zero attached hydrogens (tertiary/aromatic N) is 1. The number of nitrogens with one attached hydrogen (secondary N) is 1. The molecule has 1 atom stereocenters. The van der Waals surface area contributed by atoms with E-state index in [1.807, 2.05) is 6.92 Å². The molecule has 1 heterocycles. The summed E-state index contributed by atoms with van der Waals surface area (Å²) in [5.41, 5.74) is 0. The van der Waals surface area contributed by atoms with E-state index in [0.717, 1.165) is 11.4 Å². The zero-order valence-electron chi connectivity index (χ0n) is 7.46. The lowest BCUT2D eigenvalue weighted by Crippen LogP contribution is -2.31. The van der Waals surface area contributed by atoms with E-state index in [-0.39, 0.29) is 12.6 Å². The van der Waals surface area contributed by atoms with E-state index >= 15 is 0 Å². The van der Waals surface area contributed by atoms with Crippen molar-refractivity contribution >= 4 is 22.9 Å². The molecule has 0 fully saturated rings. The molecule has 0 amide bonds. The zero-order chi connectivity index (χ0) is 9.68. The van der Waals surface area contributed by atoms with Crippen LogP contribution in [0.15, 0.2) is 6.20 Å². The Bertz CT molecular complexity index is 250. The average Bonchev–Trinajstić information content (AvgIpc) is 2.53. The normalized spacial score (nSPS) is 13.2. The summed E-state index contributed by atoms with van der Waals surface area (Å²) in [4.78, 5) is 4.10. The maximum atomic E-state index is 8.90. The zero-order valence-corrected chi connectivity index (χ0v) is 9.03. The Hall–Kier alpha value is -0.160. The molecule has 0 bridgehead atoms. The molecule has 0 aliphatic heterocycles. The molecule has 74 valence electrons. The van der Waals surface area contributed by atoms with E-state index < -0.39 is 0 Å². The molecule has 0 aromatic carbocycles. The van der Waals surface area contributed by atoms with Crippen LogP contribution < -0.4 is 5.32 Å². The summed E-state index contributed by atoms with van der Waals surface area (Å²) in [6, 6.07) is 0.155. The number of halogens is 1. The van der Waals surface area contributed by atoms with E-state index in [9.17, 15) is 0 Å². The predicted molar refractivity (Wildman–Crippen MR) is 55.1 cm³/mol. The second-order valence-corrected chi connectivity index (χ2v) is 4.47. The van der Waals surface area contributed by atoms with Gasteiger partial charge in [0.25, 0.3) is 0 Å². The van der Waals surface area contributed by atoms with Crippen molar-refractivity contribution < 1.29 is 5.11 Å². The van der Waals surface area contributed by atoms with Crippen molar-refractivity contribution in [1.29, 1.82) is 0 Å². The van der Waals surface area contributed by atoms with Crippen LogP contribution in [-0.2, 0) is 6.54 Å². The highest BCUT2D eigenvalue weighted by Crippen LogP contribution is 2.17. The fraction of sp³-hybridized carbons (Fsp3) is 0.625. The van der Waals surface area contributed by atoms with E-state index in [1.54, 1.807) is 6.20 Å². The first-order chi connectivity index (χ1) is 6.26. The maximum absolute atomic E-state index is 8.90. The molecule has 0 aliphatic rings. The Morgan fingerprint density at radius 2 is 2.54 bits per heavy atom. The molecule has 1 aromatic heterocycles. The van der Waals surface area contributed by atoms with Crippen LogP contribution in [0.25, 0.3) is 0 Å². The summed E-state index contributed by atoms with van der Waals surface area (Å²) in [5, 5.41) is 13.0. The van der Waals surface area contributed by atoms with E-state index in [1.165, 1.54) is 11.3 Å². The fourth-order valence-corrected chi connectivity index (χ4v) is 1.85. The predicted octanol–water partition coefficient (Wildman–Crippen LogP) is 1.66. The van der Waals surface area contributed by atoms with Gasteiger partial charge in [-0.1, -0.05) is 18.5 Å². The molecule has 1 aromatic rings. The molecular formula is C8H13ClN2OS. The van der Waals surface area contributed by atoms with Gasteiger partial charge in [0.15, 0.2) is 0 Å². The molecule has 5 heteroatoms. The third-order valence-corrected chi connectivity index (χ3v) is 2.90. The minimum absolute atomic E-state index is 0.155. The standard InChI is InChI=1S/C8H13ClN2OS/c1-2-6(5-12)10-4-8-11-3-7(9)13-8/h3,6,10,12H,2,4-5H2,1H3. The number of thiazole rings is 1. The number of aliphatic hydroxyl groups is 1. The first-order valence-corrected chi connectivity index (χ1v) is 5.40. The van der Waals surface area contributed by atoms with Gasteiger partial charge in [-0.3, -0.25) is 0 Å². The average molecular weight is 221 g/mol. The largest absolute Gasteiger partial charge is 0.395 e. The SMILES string of the molecule is CCC(CO)NCc1ncc(Cl)s1. The third-order valence-electron chi connectivity index (χ3n) is 1.78. The summed E-state index contributed by atoms with van der Waals surface area (Å²) in [5.74, 6) is 0. The van der Waals surface area contributed by atoms with Gasteiger partial charge in [-0.15, -0.1) is 11.3 Å². The molecule has 0 aliphatic carbocycles. The molecule has 3 nitrogen and oxygen atoms in total. The first-order valence-electron chi connectivity index (χ1n) is 4.20. The molecule has 0 saturated heterocycles. The Labute approximate surface area is 86.8 Å². The third kappa shape index (κ3) is 3.60. The van der Waals surface area contributed by atoms with Crippen molar-refractivity contribution in [2.75, 3.05) is 6.61 Å². The smallest absolute Gasteiger partial charge is 0.113 e. The van der Waals surface area contributed by atoms with Gasteiger partial charge in [0.05, 0.1) is 12.8 Å². The summed E-state index contributed by atoms with van der Waals surface area (Å²) >= 11 is 7.18. The van der Waals surface area contributed by atoms with E-state index in [0.29, 0.717) is 10.9 Å². The van der Waals surface area contributed by atoms with Crippen LogP contribution in [0.5, 0.6) is 0 Å². The summed E-state index contributed by atoms with van der Waals surface area (Å²) in [6.07, 6.45) is 2.55. The van der Waals surface area contributed by atoms with Gasteiger partial charge in [-0.05, 0) is 6.42 Å². The molecule has 1 rings (SSSR count). The van der Waals surface area contributed by atoms with E-state index in [2.05, 4.69) is 10.3 Å². The lowest BCUT2D eigenvalue weighted by atomic mass is 10.2. The van der Waals surface area contributed by atoms with Gasteiger partial charge in [0.1, 0.15) is 9.34 Å². The Morgan fingerprint density at radius 1 is 1.77 bits per heavy atom. The highest BCUT2D eigenvalue weighted by molar-refractivity contribution is 7.15. The van der Waals surface area contributed by atoms with Crippen LogP contribution >= 0.6 is 22.9 Å². The van der Waals surface area contributed by atoms with Crippen molar-refractivity contribution in [2.45, 2.75) is 25.9 Å². The van der Waals surface area contributed by atoms with Crippen molar-refractivity contribution in [3.63, 3.8) is 0 Å². The number of aliphatic hydroxyl groups excluding tert-OH is 1. The maximum Gasteiger partial charge on any atom is 0.113 e. The highest BCUT2D eigenvalue weighted by atomic mass is 35.5. The summed E-state index contributed by atoms with van der Waals surface area (Å²) in [7, 11) is 0. The van der Waals surface area contributed by atoms with Crippen molar-refractivity contribution in [3.05, 3.63) is 15.5 Å². The first kappa shape index (κ1) is 10.9. The molecule has 13 heavy (non-hydrogen) atoms. The number of aromatic nitrogens is 1. The number of rotatable bonds is 5. The molecule has 1 unspecified atom stereocenters. The van der Waals surface area contributed by atoms with Gasteiger partial charge < -0.3 is 10.4 Å². The van der Waals surface area contributed by atoms with Crippen molar-refractivity contribution in [3.8, 4) is 0 Å².